The van der Waals surface area contributed by atoms with Crippen LogP contribution in [0.5, 0.6) is 0 Å². The Morgan fingerprint density at radius 1 is 1.00 bits per heavy atom. The highest BCUT2D eigenvalue weighted by Crippen LogP contribution is 2.47. The maximum Gasteiger partial charge on any atom is 0.414 e. The van der Waals surface area contributed by atoms with Crippen LogP contribution in [0.4, 0.5) is 10.5 Å². The average molecular weight is 365 g/mol. The number of fused-ring (bicyclic) bond motifs is 1. The van der Waals surface area contributed by atoms with Gasteiger partial charge in [-0.3, -0.25) is 9.69 Å². The first-order chi connectivity index (χ1) is 12.7. The predicted molar refractivity (Wildman–Crippen MR) is 108 cm³/mol. The number of benzene rings is 2. The maximum atomic E-state index is 12.9. The molecule has 1 amide bonds. The Kier molecular flexibility index (Phi) is 4.85. The minimum absolute atomic E-state index is 0.0123. The van der Waals surface area contributed by atoms with Gasteiger partial charge in [0.15, 0.2) is 5.78 Å². The standard InChI is InChI=1S/C23H27NO3/c1-6-27-21(26)24-19-13-12-17(20(25)16-10-8-7-9-11-16)14-18(19)22(2,3)15-23(24,4)5/h7-14H,6,15H2,1-5H3. The molecule has 0 saturated carbocycles. The van der Waals surface area contributed by atoms with Crippen molar-refractivity contribution in [2.45, 2.75) is 52.0 Å². The Bertz CT molecular complexity index is 868. The van der Waals surface area contributed by atoms with Crippen LogP contribution in [0.3, 0.4) is 0 Å². The van der Waals surface area contributed by atoms with Crippen molar-refractivity contribution >= 4 is 17.6 Å². The van der Waals surface area contributed by atoms with Crippen molar-refractivity contribution in [1.29, 1.82) is 0 Å². The summed E-state index contributed by atoms with van der Waals surface area (Å²) in [6, 6.07) is 14.9. The van der Waals surface area contributed by atoms with E-state index in [0.29, 0.717) is 17.7 Å². The van der Waals surface area contributed by atoms with Crippen LogP contribution in [-0.4, -0.2) is 24.0 Å². The number of rotatable bonds is 3. The summed E-state index contributed by atoms with van der Waals surface area (Å²) < 4.78 is 5.31. The molecule has 27 heavy (non-hydrogen) atoms. The smallest absolute Gasteiger partial charge is 0.414 e. The molecule has 2 aromatic rings. The summed E-state index contributed by atoms with van der Waals surface area (Å²) in [4.78, 5) is 27.3. The first-order valence-corrected chi connectivity index (χ1v) is 9.38. The zero-order chi connectivity index (χ0) is 19.8. The van der Waals surface area contributed by atoms with Gasteiger partial charge < -0.3 is 4.74 Å². The lowest BCUT2D eigenvalue weighted by Crippen LogP contribution is -2.55. The van der Waals surface area contributed by atoms with Gasteiger partial charge in [-0.15, -0.1) is 0 Å². The third-order valence-corrected chi connectivity index (χ3v) is 5.20. The molecule has 1 heterocycles. The van der Waals surface area contributed by atoms with E-state index >= 15 is 0 Å². The van der Waals surface area contributed by atoms with Gasteiger partial charge in [0.25, 0.3) is 0 Å². The lowest BCUT2D eigenvalue weighted by atomic mass is 9.69. The van der Waals surface area contributed by atoms with E-state index in [4.69, 9.17) is 4.74 Å². The molecule has 0 fully saturated rings. The van der Waals surface area contributed by atoms with Gasteiger partial charge in [-0.05, 0) is 56.4 Å². The van der Waals surface area contributed by atoms with Crippen LogP contribution in [0.1, 0.15) is 62.5 Å². The van der Waals surface area contributed by atoms with Crippen molar-refractivity contribution in [1.82, 2.24) is 0 Å². The van der Waals surface area contributed by atoms with E-state index in [9.17, 15) is 9.59 Å². The monoisotopic (exact) mass is 365 g/mol. The quantitative estimate of drug-likeness (QED) is 0.690. The summed E-state index contributed by atoms with van der Waals surface area (Å²) in [5, 5.41) is 0. The van der Waals surface area contributed by atoms with E-state index in [1.807, 2.05) is 42.5 Å². The molecule has 0 bridgehead atoms. The first kappa shape index (κ1) is 19.2. The number of ether oxygens (including phenoxy) is 1. The second kappa shape index (κ2) is 6.84. The predicted octanol–water partition coefficient (Wildman–Crippen LogP) is 5.34. The summed E-state index contributed by atoms with van der Waals surface area (Å²) in [6.07, 6.45) is 0.427. The average Bonchev–Trinajstić information content (AvgIpc) is 2.60. The van der Waals surface area contributed by atoms with Gasteiger partial charge in [-0.1, -0.05) is 44.2 Å². The van der Waals surface area contributed by atoms with E-state index in [-0.39, 0.29) is 22.8 Å². The molecule has 2 aromatic carbocycles. The van der Waals surface area contributed by atoms with Gasteiger partial charge in [-0.2, -0.15) is 0 Å². The summed E-state index contributed by atoms with van der Waals surface area (Å²) >= 11 is 0. The van der Waals surface area contributed by atoms with Crippen LogP contribution in [-0.2, 0) is 10.2 Å². The molecule has 4 nitrogen and oxygen atoms in total. The Labute approximate surface area is 161 Å². The number of amides is 1. The molecule has 0 unspecified atom stereocenters. The van der Waals surface area contributed by atoms with Crippen LogP contribution in [0.2, 0.25) is 0 Å². The second-order valence-corrected chi connectivity index (χ2v) is 8.33. The van der Waals surface area contributed by atoms with Gasteiger partial charge in [0.05, 0.1) is 12.3 Å². The summed E-state index contributed by atoms with van der Waals surface area (Å²) in [5.41, 5.74) is 2.56. The van der Waals surface area contributed by atoms with Gasteiger partial charge in [0.1, 0.15) is 0 Å². The normalized spacial score (nSPS) is 17.1. The molecule has 0 aromatic heterocycles. The largest absolute Gasteiger partial charge is 0.449 e. The molecular formula is C23H27NO3. The van der Waals surface area contributed by atoms with Crippen molar-refractivity contribution < 1.29 is 14.3 Å². The number of carbonyl (C=O) groups is 2. The number of nitrogens with zero attached hydrogens (tertiary/aromatic N) is 1. The lowest BCUT2D eigenvalue weighted by Gasteiger charge is -2.49. The molecular weight excluding hydrogens is 338 g/mol. The maximum absolute atomic E-state index is 12.9. The molecule has 0 spiro atoms. The molecule has 0 saturated heterocycles. The van der Waals surface area contributed by atoms with E-state index < -0.39 is 0 Å². The van der Waals surface area contributed by atoms with Gasteiger partial charge in [0.2, 0.25) is 0 Å². The summed E-state index contributed by atoms with van der Waals surface area (Å²) in [7, 11) is 0. The highest BCUT2D eigenvalue weighted by molar-refractivity contribution is 6.09. The molecule has 4 heteroatoms. The highest BCUT2D eigenvalue weighted by Gasteiger charge is 2.45. The molecule has 1 aliphatic rings. The van der Waals surface area contributed by atoms with Crippen molar-refractivity contribution in [3.63, 3.8) is 0 Å². The van der Waals surface area contributed by atoms with E-state index in [1.54, 1.807) is 17.9 Å². The Morgan fingerprint density at radius 3 is 2.30 bits per heavy atom. The van der Waals surface area contributed by atoms with E-state index in [2.05, 4.69) is 27.7 Å². The molecule has 142 valence electrons. The molecule has 0 N–H and O–H groups in total. The van der Waals surface area contributed by atoms with Crippen molar-refractivity contribution in [3.8, 4) is 0 Å². The number of hydrogen-bond acceptors (Lipinski definition) is 3. The van der Waals surface area contributed by atoms with Gasteiger partial charge in [-0.25, -0.2) is 4.79 Å². The number of hydrogen-bond donors (Lipinski definition) is 0. The van der Waals surface area contributed by atoms with Crippen molar-refractivity contribution in [2.24, 2.45) is 0 Å². The minimum Gasteiger partial charge on any atom is -0.449 e. The third kappa shape index (κ3) is 3.48. The van der Waals surface area contributed by atoms with E-state index in [0.717, 1.165) is 17.7 Å². The van der Waals surface area contributed by atoms with E-state index in [1.165, 1.54) is 0 Å². The van der Waals surface area contributed by atoms with Crippen LogP contribution >= 0.6 is 0 Å². The fraction of sp³-hybridized carbons (Fsp3) is 0.391. The Hall–Kier alpha value is -2.62. The second-order valence-electron chi connectivity index (χ2n) is 8.33. The van der Waals surface area contributed by atoms with Crippen LogP contribution in [0, 0.1) is 0 Å². The highest BCUT2D eigenvalue weighted by atomic mass is 16.6. The van der Waals surface area contributed by atoms with Crippen LogP contribution in [0.25, 0.3) is 0 Å². The van der Waals surface area contributed by atoms with Crippen LogP contribution in [0.15, 0.2) is 48.5 Å². The molecule has 0 aliphatic carbocycles. The topological polar surface area (TPSA) is 46.6 Å². The van der Waals surface area contributed by atoms with Crippen molar-refractivity contribution in [3.05, 3.63) is 65.2 Å². The molecule has 1 aliphatic heterocycles. The zero-order valence-corrected chi connectivity index (χ0v) is 16.7. The Balaban J connectivity index is 2.10. The fourth-order valence-electron chi connectivity index (χ4n) is 4.29. The fourth-order valence-corrected chi connectivity index (χ4v) is 4.29. The Morgan fingerprint density at radius 2 is 1.67 bits per heavy atom. The summed E-state index contributed by atoms with van der Waals surface area (Å²) in [6.45, 7) is 10.6. The first-order valence-electron chi connectivity index (χ1n) is 9.38. The zero-order valence-electron chi connectivity index (χ0n) is 16.7. The molecule has 0 atom stereocenters. The third-order valence-electron chi connectivity index (χ3n) is 5.20. The number of carbonyl (C=O) groups excluding carboxylic acids is 2. The number of anilines is 1. The number of ketones is 1. The molecule has 3 rings (SSSR count). The van der Waals surface area contributed by atoms with Gasteiger partial charge >= 0.3 is 6.09 Å². The lowest BCUT2D eigenvalue weighted by molar-refractivity contribution is 0.103. The van der Waals surface area contributed by atoms with Crippen LogP contribution < -0.4 is 4.90 Å². The molecule has 0 radical (unpaired) electrons. The van der Waals surface area contributed by atoms with Gasteiger partial charge in [0, 0.05) is 16.7 Å². The van der Waals surface area contributed by atoms with Crippen molar-refractivity contribution in [2.75, 3.05) is 11.5 Å². The summed E-state index contributed by atoms with van der Waals surface area (Å²) in [5.74, 6) is -0.0123. The minimum atomic E-state index is -0.381. The SMILES string of the molecule is CCOC(=O)N1c2ccc(C(=O)c3ccccc3)cc2C(C)(C)CC1(C)C.